The van der Waals surface area contributed by atoms with Crippen LogP contribution in [-0.2, 0) is 25.9 Å². The average molecular weight is 447 g/mol. The molecular weight excluding hydrogens is 423 g/mol. The Bertz CT molecular complexity index is 1030. The number of ether oxygens (including phenoxy) is 1. The fraction of sp³-hybridized carbons (Fsp3) is 0.348. The van der Waals surface area contributed by atoms with E-state index in [0.29, 0.717) is 11.3 Å². The summed E-state index contributed by atoms with van der Waals surface area (Å²) in [6, 6.07) is 9.11. The number of hydrogen-bond acceptors (Lipinski definition) is 5. The van der Waals surface area contributed by atoms with Gasteiger partial charge in [0.2, 0.25) is 0 Å². The molecule has 0 saturated heterocycles. The number of carbonyl (C=O) groups is 2. The summed E-state index contributed by atoms with van der Waals surface area (Å²) in [5.74, 6) is -0.825. The van der Waals surface area contributed by atoms with Crippen LogP contribution in [-0.4, -0.2) is 37.1 Å². The van der Waals surface area contributed by atoms with Gasteiger partial charge in [0.25, 0.3) is 5.91 Å². The van der Waals surface area contributed by atoms with E-state index in [1.54, 1.807) is 44.2 Å². The van der Waals surface area contributed by atoms with Crippen LogP contribution in [0.5, 0.6) is 0 Å². The molecular formula is C23H24F3N3O3. The van der Waals surface area contributed by atoms with Crippen LogP contribution in [0.15, 0.2) is 54.2 Å². The summed E-state index contributed by atoms with van der Waals surface area (Å²) in [7, 11) is 1.33. The zero-order chi connectivity index (χ0) is 23.5. The predicted molar refractivity (Wildman–Crippen MR) is 114 cm³/mol. The Morgan fingerprint density at radius 2 is 1.81 bits per heavy atom. The Kier molecular flexibility index (Phi) is 6.57. The first-order valence-corrected chi connectivity index (χ1v) is 10.0. The number of nitrogens with one attached hydrogen (secondary N) is 1. The van der Waals surface area contributed by atoms with Crippen LogP contribution in [0.2, 0.25) is 0 Å². The highest BCUT2D eigenvalue weighted by atomic mass is 19.4. The molecule has 0 atom stereocenters. The molecule has 0 saturated carbocycles. The largest absolute Gasteiger partial charge is 0.468 e. The number of halogens is 3. The van der Waals surface area contributed by atoms with Crippen LogP contribution >= 0.6 is 0 Å². The maximum absolute atomic E-state index is 13.2. The quantitative estimate of drug-likeness (QED) is 0.691. The second kappa shape index (κ2) is 9.02. The SMILES string of the molecule is COC(=O)C(C)(C)c1ccc(NC(=O)C2=CCN(c3ncccc3C(F)(F)F)CC2)cc1. The van der Waals surface area contributed by atoms with Gasteiger partial charge in [-0.3, -0.25) is 9.59 Å². The molecule has 2 heterocycles. The van der Waals surface area contributed by atoms with Gasteiger partial charge in [0.15, 0.2) is 0 Å². The van der Waals surface area contributed by atoms with Gasteiger partial charge in [-0.1, -0.05) is 18.2 Å². The lowest BCUT2D eigenvalue weighted by molar-refractivity contribution is -0.146. The van der Waals surface area contributed by atoms with Gasteiger partial charge < -0.3 is 15.0 Å². The van der Waals surface area contributed by atoms with Crippen molar-refractivity contribution in [1.82, 2.24) is 4.98 Å². The van der Waals surface area contributed by atoms with Crippen molar-refractivity contribution in [3.63, 3.8) is 0 Å². The lowest BCUT2D eigenvalue weighted by atomic mass is 9.85. The van der Waals surface area contributed by atoms with Crippen molar-refractivity contribution in [1.29, 1.82) is 0 Å². The molecule has 0 unspecified atom stereocenters. The van der Waals surface area contributed by atoms with E-state index in [1.807, 2.05) is 0 Å². The van der Waals surface area contributed by atoms with Crippen LogP contribution in [0.25, 0.3) is 0 Å². The highest BCUT2D eigenvalue weighted by Crippen LogP contribution is 2.36. The van der Waals surface area contributed by atoms with Crippen LogP contribution in [0, 0.1) is 0 Å². The Morgan fingerprint density at radius 1 is 1.12 bits per heavy atom. The zero-order valence-electron chi connectivity index (χ0n) is 18.0. The molecule has 1 aromatic carbocycles. The smallest absolute Gasteiger partial charge is 0.419 e. The summed E-state index contributed by atoms with van der Waals surface area (Å²) in [4.78, 5) is 29.9. The number of rotatable bonds is 5. The molecule has 1 aliphatic rings. The molecule has 0 spiro atoms. The van der Waals surface area contributed by atoms with E-state index in [4.69, 9.17) is 4.74 Å². The average Bonchev–Trinajstić information content (AvgIpc) is 2.78. The van der Waals surface area contributed by atoms with E-state index >= 15 is 0 Å². The highest BCUT2D eigenvalue weighted by molar-refractivity contribution is 6.04. The Labute approximate surface area is 184 Å². The van der Waals surface area contributed by atoms with Gasteiger partial charge in [-0.05, 0) is 50.1 Å². The normalized spacial score (nSPS) is 14.6. The Hall–Kier alpha value is -3.36. The number of anilines is 2. The maximum Gasteiger partial charge on any atom is 0.419 e. The third-order valence-corrected chi connectivity index (χ3v) is 5.45. The summed E-state index contributed by atoms with van der Waals surface area (Å²) in [5.41, 5.74) is 0.159. The first-order chi connectivity index (χ1) is 15.0. The molecule has 1 amide bonds. The van der Waals surface area contributed by atoms with Gasteiger partial charge in [0.05, 0.1) is 18.1 Å². The highest BCUT2D eigenvalue weighted by Gasteiger charge is 2.36. The van der Waals surface area contributed by atoms with Gasteiger partial charge in [0, 0.05) is 30.5 Å². The van der Waals surface area contributed by atoms with E-state index in [0.717, 1.165) is 11.6 Å². The number of hydrogen-bond donors (Lipinski definition) is 1. The van der Waals surface area contributed by atoms with Crippen molar-refractivity contribution in [2.24, 2.45) is 0 Å². The van der Waals surface area contributed by atoms with E-state index in [9.17, 15) is 22.8 Å². The number of pyridine rings is 1. The number of amides is 1. The van der Waals surface area contributed by atoms with Crippen molar-refractivity contribution in [2.75, 3.05) is 30.4 Å². The number of nitrogens with zero attached hydrogens (tertiary/aromatic N) is 2. The van der Waals surface area contributed by atoms with Gasteiger partial charge in [-0.15, -0.1) is 0 Å². The van der Waals surface area contributed by atoms with E-state index in [2.05, 4.69) is 10.3 Å². The number of aromatic nitrogens is 1. The van der Waals surface area contributed by atoms with Gasteiger partial charge >= 0.3 is 12.1 Å². The molecule has 1 aliphatic heterocycles. The van der Waals surface area contributed by atoms with Gasteiger partial charge in [0.1, 0.15) is 5.82 Å². The minimum Gasteiger partial charge on any atom is -0.468 e. The lowest BCUT2D eigenvalue weighted by Gasteiger charge is -2.29. The topological polar surface area (TPSA) is 71.5 Å². The van der Waals surface area contributed by atoms with Crippen molar-refractivity contribution in [3.05, 3.63) is 65.4 Å². The van der Waals surface area contributed by atoms with Crippen molar-refractivity contribution >= 4 is 23.4 Å². The fourth-order valence-electron chi connectivity index (χ4n) is 3.49. The van der Waals surface area contributed by atoms with Gasteiger partial charge in [-0.2, -0.15) is 13.2 Å². The van der Waals surface area contributed by atoms with Crippen LogP contribution in [0.4, 0.5) is 24.7 Å². The molecule has 1 aromatic heterocycles. The zero-order valence-corrected chi connectivity index (χ0v) is 18.0. The predicted octanol–water partition coefficient (Wildman–Crippen LogP) is 4.33. The number of benzene rings is 1. The fourth-order valence-corrected chi connectivity index (χ4v) is 3.49. The van der Waals surface area contributed by atoms with E-state index in [1.165, 1.54) is 24.3 Å². The van der Waals surface area contributed by atoms with Crippen LogP contribution in [0.3, 0.4) is 0 Å². The maximum atomic E-state index is 13.2. The standard InChI is InChI=1S/C23H24F3N3O3/c1-22(2,21(31)32-3)16-6-8-17(9-7-16)28-20(30)15-10-13-29(14-11-15)19-18(23(24,25)26)5-4-12-27-19/h4-10,12H,11,13-14H2,1-3H3,(H,28,30). The Balaban J connectivity index is 1.67. The lowest BCUT2D eigenvalue weighted by Crippen LogP contribution is -2.33. The van der Waals surface area contributed by atoms with Crippen molar-refractivity contribution in [3.8, 4) is 0 Å². The molecule has 6 nitrogen and oxygen atoms in total. The number of alkyl halides is 3. The van der Waals surface area contributed by atoms with Crippen molar-refractivity contribution < 1.29 is 27.5 Å². The molecule has 170 valence electrons. The number of carbonyl (C=O) groups excluding carboxylic acids is 2. The summed E-state index contributed by atoms with van der Waals surface area (Å²) in [6.45, 7) is 3.88. The number of esters is 1. The molecule has 32 heavy (non-hydrogen) atoms. The summed E-state index contributed by atoms with van der Waals surface area (Å²) in [6.07, 6.45) is -1.28. The third kappa shape index (κ3) is 4.92. The second-order valence-electron chi connectivity index (χ2n) is 7.95. The monoisotopic (exact) mass is 447 g/mol. The summed E-state index contributed by atoms with van der Waals surface area (Å²) >= 11 is 0. The molecule has 9 heteroatoms. The van der Waals surface area contributed by atoms with E-state index in [-0.39, 0.29) is 37.2 Å². The van der Waals surface area contributed by atoms with Crippen LogP contribution in [0.1, 0.15) is 31.4 Å². The molecule has 0 radical (unpaired) electrons. The molecule has 1 N–H and O–H groups in total. The number of methoxy groups -OCH3 is 1. The molecule has 0 aliphatic carbocycles. The Morgan fingerprint density at radius 3 is 2.38 bits per heavy atom. The first kappa shape index (κ1) is 23.3. The molecule has 2 aromatic rings. The van der Waals surface area contributed by atoms with Crippen molar-refractivity contribution in [2.45, 2.75) is 31.9 Å². The minimum absolute atomic E-state index is 0.139. The summed E-state index contributed by atoms with van der Waals surface area (Å²) < 4.78 is 44.6. The van der Waals surface area contributed by atoms with Crippen LogP contribution < -0.4 is 10.2 Å². The second-order valence-corrected chi connectivity index (χ2v) is 7.95. The molecule has 0 bridgehead atoms. The minimum atomic E-state index is -4.50. The molecule has 3 rings (SSSR count). The first-order valence-electron chi connectivity index (χ1n) is 10.0. The van der Waals surface area contributed by atoms with Gasteiger partial charge in [-0.25, -0.2) is 4.98 Å². The van der Waals surface area contributed by atoms with E-state index < -0.39 is 17.2 Å². The third-order valence-electron chi connectivity index (χ3n) is 5.45. The summed E-state index contributed by atoms with van der Waals surface area (Å²) in [5, 5.41) is 2.79. The molecule has 0 fully saturated rings.